The Morgan fingerprint density at radius 1 is 1.46 bits per heavy atom. The summed E-state index contributed by atoms with van der Waals surface area (Å²) in [5, 5.41) is 25.1. The molecule has 1 saturated heterocycles. The van der Waals surface area contributed by atoms with Gasteiger partial charge in [0.25, 0.3) is 0 Å². The molecule has 0 amide bonds. The lowest BCUT2D eigenvalue weighted by Gasteiger charge is -2.15. The number of benzene rings is 1. The molecule has 1 unspecified atom stereocenters. The van der Waals surface area contributed by atoms with Crippen molar-refractivity contribution in [1.29, 1.82) is 0 Å². The van der Waals surface area contributed by atoms with Crippen LogP contribution in [-0.4, -0.2) is 59.9 Å². The lowest BCUT2D eigenvalue weighted by atomic mass is 10.2. The van der Waals surface area contributed by atoms with Crippen LogP contribution in [0.25, 0.3) is 0 Å². The molecule has 8 nitrogen and oxygen atoms in total. The molecule has 0 bridgehead atoms. The van der Waals surface area contributed by atoms with Crippen molar-refractivity contribution in [3.63, 3.8) is 0 Å². The first-order valence-electron chi connectivity index (χ1n) is 8.83. The number of aliphatic hydroxyl groups is 1. The number of hydrogen-bond donors (Lipinski definition) is 6. The van der Waals surface area contributed by atoms with Gasteiger partial charge in [-0.2, -0.15) is 0 Å². The first kappa shape index (κ1) is 23.3. The summed E-state index contributed by atoms with van der Waals surface area (Å²) in [6.07, 6.45) is 1.40. The van der Waals surface area contributed by atoms with Crippen LogP contribution in [0.4, 0.5) is 10.1 Å². The fraction of sp³-hybridized carbons (Fsp3) is 0.562. The number of aliphatic hydroxyl groups excluding tert-OH is 1. The molecule has 0 aliphatic carbocycles. The number of nitrogens with one attached hydrogen (secondary N) is 4. The summed E-state index contributed by atoms with van der Waals surface area (Å²) in [5.41, 5.74) is 0.445. The molecule has 7 N–H and O–H groups in total. The number of nitrogens with zero attached hydrogens (tertiary/aromatic N) is 1. The highest BCUT2D eigenvalue weighted by atomic mass is 35.5. The van der Waals surface area contributed by atoms with Gasteiger partial charge in [0.05, 0.1) is 21.7 Å². The van der Waals surface area contributed by atoms with Crippen molar-refractivity contribution in [2.45, 2.75) is 29.9 Å². The molecule has 3 atom stereocenters. The molecule has 158 valence electrons. The molecule has 1 aliphatic heterocycles. The number of amidine groups is 1. The molecule has 0 aromatic heterocycles. The fourth-order valence-corrected chi connectivity index (χ4v) is 4.34. The van der Waals surface area contributed by atoms with Gasteiger partial charge in [0.15, 0.2) is 16.2 Å². The van der Waals surface area contributed by atoms with Gasteiger partial charge in [0.1, 0.15) is 5.82 Å². The monoisotopic (exact) mass is 452 g/mol. The van der Waals surface area contributed by atoms with E-state index in [1.165, 1.54) is 19.2 Å². The first-order chi connectivity index (χ1) is 13.5. The van der Waals surface area contributed by atoms with E-state index in [4.69, 9.17) is 16.7 Å². The standard InChI is InChI=1S/C16H26ClFN6O2S2/c1-20-16(27-19)24-28(26)15-6-10(17)12(7-11(15)18)22-4-2-3-5-23-13-8-21-9-14(13)25/h6-7,13-14,21-23,25H,2-5,8-9,19H2,1H3,(H,20,24)/t13-,14+,28?/m1/s1. The summed E-state index contributed by atoms with van der Waals surface area (Å²) in [6, 6.07) is 2.65. The van der Waals surface area contributed by atoms with E-state index in [9.17, 15) is 13.7 Å². The van der Waals surface area contributed by atoms with Crippen molar-refractivity contribution in [1.82, 2.24) is 15.4 Å². The smallest absolute Gasteiger partial charge is 0.183 e. The lowest BCUT2D eigenvalue weighted by molar-refractivity contribution is 0.163. The average Bonchev–Trinajstić information content (AvgIpc) is 3.09. The van der Waals surface area contributed by atoms with E-state index in [1.807, 2.05) is 0 Å². The maximum Gasteiger partial charge on any atom is 0.183 e. The largest absolute Gasteiger partial charge is 0.390 e. The van der Waals surface area contributed by atoms with E-state index < -0.39 is 16.8 Å². The quantitative estimate of drug-likeness (QED) is 0.142. The van der Waals surface area contributed by atoms with E-state index in [-0.39, 0.29) is 27.2 Å². The third kappa shape index (κ3) is 6.83. The van der Waals surface area contributed by atoms with E-state index >= 15 is 0 Å². The highest BCUT2D eigenvalue weighted by Crippen LogP contribution is 2.27. The molecule has 1 aliphatic rings. The number of rotatable bonds is 9. The highest BCUT2D eigenvalue weighted by Gasteiger charge is 2.23. The van der Waals surface area contributed by atoms with Crippen LogP contribution in [0.2, 0.25) is 5.02 Å². The number of hydrogen-bond acceptors (Lipinski definition) is 8. The molecule has 12 heteroatoms. The Bertz CT molecular complexity index is 712. The van der Waals surface area contributed by atoms with Crippen molar-refractivity contribution in [3.05, 3.63) is 23.0 Å². The second-order valence-corrected chi connectivity index (χ2v) is 8.41. The SMILES string of the molecule is CN=C(NS(=O)c1cc(Cl)c(NCCCCN[C@@H]2CNC[C@@H]2O)cc1F)SN. The lowest BCUT2D eigenvalue weighted by Crippen LogP contribution is -2.39. The Morgan fingerprint density at radius 3 is 2.86 bits per heavy atom. The molecule has 1 fully saturated rings. The molecular formula is C16H26ClFN6O2S2. The third-order valence-electron chi connectivity index (χ3n) is 4.22. The molecular weight excluding hydrogens is 427 g/mol. The third-order valence-corrected chi connectivity index (χ3v) is 6.26. The predicted octanol–water partition coefficient (Wildman–Crippen LogP) is 0.798. The number of aliphatic imine (C=N–C) groups is 1. The van der Waals surface area contributed by atoms with Crippen LogP contribution >= 0.6 is 23.5 Å². The van der Waals surface area contributed by atoms with Crippen LogP contribution in [0.3, 0.4) is 0 Å². The van der Waals surface area contributed by atoms with Crippen LogP contribution < -0.4 is 25.8 Å². The molecule has 0 radical (unpaired) electrons. The van der Waals surface area contributed by atoms with Gasteiger partial charge in [-0.25, -0.2) is 8.60 Å². The second kappa shape index (κ2) is 11.9. The number of halogens is 2. The van der Waals surface area contributed by atoms with Crippen molar-refractivity contribution in [3.8, 4) is 0 Å². The zero-order valence-electron chi connectivity index (χ0n) is 15.5. The van der Waals surface area contributed by atoms with E-state index in [0.29, 0.717) is 18.8 Å². The summed E-state index contributed by atoms with van der Waals surface area (Å²) in [4.78, 5) is 3.73. The summed E-state index contributed by atoms with van der Waals surface area (Å²) in [7, 11) is -0.376. The molecule has 1 aromatic rings. The van der Waals surface area contributed by atoms with Gasteiger partial charge < -0.3 is 21.1 Å². The fourth-order valence-electron chi connectivity index (χ4n) is 2.70. The molecule has 0 saturated carbocycles. The van der Waals surface area contributed by atoms with E-state index in [0.717, 1.165) is 37.9 Å². The van der Waals surface area contributed by atoms with Crippen LogP contribution in [0.1, 0.15) is 12.8 Å². The van der Waals surface area contributed by atoms with Crippen molar-refractivity contribution >= 4 is 45.4 Å². The minimum atomic E-state index is -1.86. The minimum Gasteiger partial charge on any atom is -0.390 e. The van der Waals surface area contributed by atoms with Gasteiger partial charge >= 0.3 is 0 Å². The van der Waals surface area contributed by atoms with Crippen LogP contribution in [0, 0.1) is 5.82 Å². The molecule has 1 heterocycles. The molecule has 2 rings (SSSR count). The predicted molar refractivity (Wildman–Crippen MR) is 114 cm³/mol. The highest BCUT2D eigenvalue weighted by molar-refractivity contribution is 8.12. The Balaban J connectivity index is 1.79. The van der Waals surface area contributed by atoms with Crippen LogP contribution in [0.5, 0.6) is 0 Å². The zero-order chi connectivity index (χ0) is 20.5. The van der Waals surface area contributed by atoms with Crippen molar-refractivity contribution < 1.29 is 13.7 Å². The second-order valence-electron chi connectivity index (χ2n) is 6.20. The maximum atomic E-state index is 14.3. The zero-order valence-corrected chi connectivity index (χ0v) is 17.9. The van der Waals surface area contributed by atoms with Crippen LogP contribution in [-0.2, 0) is 11.0 Å². The van der Waals surface area contributed by atoms with Crippen LogP contribution in [0.15, 0.2) is 22.0 Å². The Hall–Kier alpha value is -0.950. The van der Waals surface area contributed by atoms with Gasteiger partial charge in [0.2, 0.25) is 0 Å². The Labute approximate surface area is 176 Å². The molecule has 0 spiro atoms. The summed E-state index contributed by atoms with van der Waals surface area (Å²) >= 11 is 6.98. The number of anilines is 1. The Kier molecular flexibility index (Phi) is 9.92. The minimum absolute atomic E-state index is 0.0707. The average molecular weight is 453 g/mol. The van der Waals surface area contributed by atoms with Crippen molar-refractivity contribution in [2.75, 3.05) is 38.5 Å². The summed E-state index contributed by atoms with van der Waals surface area (Å²) in [5.74, 6) is -0.639. The van der Waals surface area contributed by atoms with E-state index in [1.54, 1.807) is 0 Å². The molecule has 1 aromatic carbocycles. The van der Waals surface area contributed by atoms with Gasteiger partial charge in [-0.1, -0.05) is 11.6 Å². The number of β-amino-alcohol motifs (C(OH)–C–C–N with tert-alkyl or cyclic N) is 1. The first-order valence-corrected chi connectivity index (χ1v) is 11.2. The van der Waals surface area contributed by atoms with Gasteiger partial charge in [-0.15, -0.1) is 0 Å². The van der Waals surface area contributed by atoms with Gasteiger partial charge in [-0.3, -0.25) is 14.9 Å². The number of unbranched alkanes of at least 4 members (excludes halogenated alkanes) is 1. The Morgan fingerprint density at radius 2 is 2.21 bits per heavy atom. The van der Waals surface area contributed by atoms with Gasteiger partial charge in [-0.05, 0) is 43.5 Å². The topological polar surface area (TPSA) is 124 Å². The summed E-state index contributed by atoms with van der Waals surface area (Å²) < 4.78 is 29.1. The maximum absolute atomic E-state index is 14.3. The number of nitrogens with two attached hydrogens (primary N) is 1. The van der Waals surface area contributed by atoms with Crippen molar-refractivity contribution in [2.24, 2.45) is 10.1 Å². The normalized spacial score (nSPS) is 21.0. The summed E-state index contributed by atoms with van der Waals surface area (Å²) in [6.45, 7) is 2.80. The molecule has 28 heavy (non-hydrogen) atoms. The van der Waals surface area contributed by atoms with Gasteiger partial charge in [0, 0.05) is 32.7 Å². The van der Waals surface area contributed by atoms with E-state index in [2.05, 4.69) is 25.7 Å².